The highest BCUT2D eigenvalue weighted by molar-refractivity contribution is 7.92. The van der Waals surface area contributed by atoms with Crippen molar-refractivity contribution >= 4 is 15.7 Å². The lowest BCUT2D eigenvalue weighted by atomic mass is 10.3. The summed E-state index contributed by atoms with van der Waals surface area (Å²) in [5.74, 6) is -1.08. The highest BCUT2D eigenvalue weighted by atomic mass is 32.2. The molecule has 0 unspecified atom stereocenters. The van der Waals surface area contributed by atoms with Crippen LogP contribution in [0, 0.1) is 0 Å². The van der Waals surface area contributed by atoms with Crippen LogP contribution in [0.15, 0.2) is 59.8 Å². The Labute approximate surface area is 117 Å². The van der Waals surface area contributed by atoms with E-state index in [0.29, 0.717) is 0 Å². The van der Waals surface area contributed by atoms with Crippen molar-refractivity contribution < 1.29 is 13.2 Å². The predicted octanol–water partition coefficient (Wildman–Crippen LogP) is 1.17. The molecule has 1 aromatic heterocycles. The van der Waals surface area contributed by atoms with Crippen LogP contribution in [0.3, 0.4) is 0 Å². The number of nitrogens with zero attached hydrogens (tertiary/aromatic N) is 1. The lowest BCUT2D eigenvalue weighted by molar-refractivity contribution is -0.118. The van der Waals surface area contributed by atoms with Crippen molar-refractivity contribution in [2.24, 2.45) is 0 Å². The van der Waals surface area contributed by atoms with Crippen LogP contribution in [0.4, 0.5) is 0 Å². The van der Waals surface area contributed by atoms with Gasteiger partial charge in [0.2, 0.25) is 5.91 Å². The van der Waals surface area contributed by atoms with Gasteiger partial charge in [-0.15, -0.1) is 0 Å². The fourth-order valence-corrected chi connectivity index (χ4v) is 2.82. The lowest BCUT2D eigenvalue weighted by Gasteiger charge is -2.06. The van der Waals surface area contributed by atoms with E-state index in [9.17, 15) is 13.2 Å². The maximum absolute atomic E-state index is 12.0. The van der Waals surface area contributed by atoms with Crippen molar-refractivity contribution in [3.63, 3.8) is 0 Å². The third-order valence-corrected chi connectivity index (χ3v) is 4.30. The third kappa shape index (κ3) is 3.89. The second-order valence-electron chi connectivity index (χ2n) is 4.20. The van der Waals surface area contributed by atoms with Gasteiger partial charge in [0.1, 0.15) is 5.75 Å². The number of benzene rings is 1. The number of hydrogen-bond donors (Lipinski definition) is 1. The van der Waals surface area contributed by atoms with E-state index in [-0.39, 0.29) is 11.4 Å². The summed E-state index contributed by atoms with van der Waals surface area (Å²) in [6.07, 6.45) is 3.23. The van der Waals surface area contributed by atoms with Crippen LogP contribution in [0.2, 0.25) is 0 Å². The molecule has 104 valence electrons. The molecule has 20 heavy (non-hydrogen) atoms. The minimum atomic E-state index is -3.59. The Kier molecular flexibility index (Phi) is 4.47. The molecule has 1 aromatic carbocycles. The summed E-state index contributed by atoms with van der Waals surface area (Å²) in [6, 6.07) is 11.4. The molecule has 5 nitrogen and oxygen atoms in total. The Bertz CT molecular complexity index is 670. The van der Waals surface area contributed by atoms with Crippen LogP contribution in [-0.4, -0.2) is 25.1 Å². The van der Waals surface area contributed by atoms with Gasteiger partial charge in [-0.3, -0.25) is 9.78 Å². The van der Waals surface area contributed by atoms with E-state index in [4.69, 9.17) is 0 Å². The van der Waals surface area contributed by atoms with E-state index in [2.05, 4.69) is 10.3 Å². The highest BCUT2D eigenvalue weighted by Gasteiger charge is 2.18. The van der Waals surface area contributed by atoms with E-state index < -0.39 is 21.5 Å². The fourth-order valence-electron chi connectivity index (χ4n) is 1.64. The molecule has 6 heteroatoms. The maximum atomic E-state index is 12.0. The summed E-state index contributed by atoms with van der Waals surface area (Å²) in [5, 5.41) is 2.58. The number of pyridine rings is 1. The first-order valence-corrected chi connectivity index (χ1v) is 7.66. The van der Waals surface area contributed by atoms with Gasteiger partial charge in [0.25, 0.3) is 0 Å². The van der Waals surface area contributed by atoms with E-state index in [1.165, 1.54) is 12.1 Å². The fraction of sp³-hybridized carbons (Fsp3) is 0.143. The zero-order valence-corrected chi connectivity index (χ0v) is 11.5. The smallest absolute Gasteiger partial charge is 0.235 e. The molecule has 0 saturated carbocycles. The number of rotatable bonds is 5. The van der Waals surface area contributed by atoms with Crippen LogP contribution in [0.5, 0.6) is 0 Å². The summed E-state index contributed by atoms with van der Waals surface area (Å²) in [4.78, 5) is 15.7. The van der Waals surface area contributed by atoms with E-state index in [1.54, 1.807) is 42.7 Å². The first kappa shape index (κ1) is 14.2. The standard InChI is InChI=1S/C14H14N2O3S/c17-14(16-10-12-6-8-15-9-7-12)11-20(18,19)13-4-2-1-3-5-13/h1-9H,10-11H2,(H,16,17). The first-order chi connectivity index (χ1) is 9.58. The Morgan fingerprint density at radius 3 is 2.35 bits per heavy atom. The zero-order chi connectivity index (χ0) is 14.4. The van der Waals surface area contributed by atoms with Crippen molar-refractivity contribution in [2.45, 2.75) is 11.4 Å². The quantitative estimate of drug-likeness (QED) is 0.897. The third-order valence-electron chi connectivity index (χ3n) is 2.66. The number of sulfone groups is 1. The molecule has 2 aromatic rings. The average molecular weight is 290 g/mol. The Morgan fingerprint density at radius 2 is 1.70 bits per heavy atom. The summed E-state index contributed by atoms with van der Waals surface area (Å²) in [7, 11) is -3.59. The van der Waals surface area contributed by atoms with Gasteiger partial charge in [-0.05, 0) is 29.8 Å². The average Bonchev–Trinajstić information content (AvgIpc) is 2.47. The van der Waals surface area contributed by atoms with Crippen LogP contribution < -0.4 is 5.32 Å². The molecule has 0 bridgehead atoms. The van der Waals surface area contributed by atoms with Gasteiger partial charge in [-0.2, -0.15) is 0 Å². The van der Waals surface area contributed by atoms with E-state index in [0.717, 1.165) is 5.56 Å². The summed E-state index contributed by atoms with van der Waals surface area (Å²) in [5.41, 5.74) is 0.866. The summed E-state index contributed by atoms with van der Waals surface area (Å²) >= 11 is 0. The molecular formula is C14H14N2O3S. The molecule has 0 fully saturated rings. The van der Waals surface area contributed by atoms with Crippen LogP contribution in [-0.2, 0) is 21.2 Å². The minimum absolute atomic E-state index is 0.152. The number of aromatic nitrogens is 1. The van der Waals surface area contributed by atoms with Gasteiger partial charge in [0, 0.05) is 18.9 Å². The number of hydrogen-bond acceptors (Lipinski definition) is 4. The molecular weight excluding hydrogens is 276 g/mol. The predicted molar refractivity (Wildman–Crippen MR) is 74.6 cm³/mol. The normalized spacial score (nSPS) is 11.0. The van der Waals surface area contributed by atoms with Crippen LogP contribution in [0.1, 0.15) is 5.56 Å². The van der Waals surface area contributed by atoms with Gasteiger partial charge in [0.15, 0.2) is 9.84 Å². The maximum Gasteiger partial charge on any atom is 0.235 e. The molecule has 0 saturated heterocycles. The number of amides is 1. The minimum Gasteiger partial charge on any atom is -0.351 e. The number of carbonyl (C=O) groups excluding carboxylic acids is 1. The molecule has 0 spiro atoms. The second kappa shape index (κ2) is 6.29. The van der Waals surface area contributed by atoms with Crippen molar-refractivity contribution in [3.05, 3.63) is 60.4 Å². The van der Waals surface area contributed by atoms with Gasteiger partial charge in [-0.25, -0.2) is 8.42 Å². The van der Waals surface area contributed by atoms with Gasteiger partial charge in [0.05, 0.1) is 4.90 Å². The molecule has 0 aliphatic carbocycles. The highest BCUT2D eigenvalue weighted by Crippen LogP contribution is 2.09. The van der Waals surface area contributed by atoms with Crippen molar-refractivity contribution in [1.29, 1.82) is 0 Å². The van der Waals surface area contributed by atoms with E-state index >= 15 is 0 Å². The molecule has 0 aliphatic heterocycles. The monoisotopic (exact) mass is 290 g/mol. The Balaban J connectivity index is 1.95. The Hall–Kier alpha value is -2.21. The first-order valence-electron chi connectivity index (χ1n) is 6.01. The molecule has 1 heterocycles. The SMILES string of the molecule is O=C(CS(=O)(=O)c1ccccc1)NCc1ccncc1. The molecule has 1 amide bonds. The largest absolute Gasteiger partial charge is 0.351 e. The van der Waals surface area contributed by atoms with Crippen molar-refractivity contribution in [1.82, 2.24) is 10.3 Å². The van der Waals surface area contributed by atoms with Gasteiger partial charge < -0.3 is 5.32 Å². The van der Waals surface area contributed by atoms with E-state index in [1.807, 2.05) is 0 Å². The molecule has 1 N–H and O–H groups in total. The number of nitrogens with one attached hydrogen (secondary N) is 1. The zero-order valence-electron chi connectivity index (χ0n) is 10.7. The van der Waals surface area contributed by atoms with Crippen molar-refractivity contribution in [2.75, 3.05) is 5.75 Å². The van der Waals surface area contributed by atoms with Crippen LogP contribution >= 0.6 is 0 Å². The van der Waals surface area contributed by atoms with Crippen LogP contribution in [0.25, 0.3) is 0 Å². The molecule has 0 aliphatic rings. The number of carbonyl (C=O) groups is 1. The second-order valence-corrected chi connectivity index (χ2v) is 6.19. The summed E-state index contributed by atoms with van der Waals surface area (Å²) < 4.78 is 24.0. The molecule has 0 atom stereocenters. The van der Waals surface area contributed by atoms with Gasteiger partial charge >= 0.3 is 0 Å². The van der Waals surface area contributed by atoms with Gasteiger partial charge in [-0.1, -0.05) is 18.2 Å². The summed E-state index contributed by atoms with van der Waals surface area (Å²) in [6.45, 7) is 0.283. The topological polar surface area (TPSA) is 76.1 Å². The molecule has 2 rings (SSSR count). The Morgan fingerprint density at radius 1 is 1.05 bits per heavy atom. The van der Waals surface area contributed by atoms with Crippen molar-refractivity contribution in [3.8, 4) is 0 Å². The lowest BCUT2D eigenvalue weighted by Crippen LogP contribution is -2.29. The molecule has 0 radical (unpaired) electrons.